The lowest BCUT2D eigenvalue weighted by atomic mass is 10.2. The number of aliphatic hydroxyl groups excluding tert-OH is 1. The number of ether oxygens (including phenoxy) is 1. The van der Waals surface area contributed by atoms with E-state index in [0.29, 0.717) is 34.1 Å². The van der Waals surface area contributed by atoms with Crippen LogP contribution in [0.25, 0.3) is 10.3 Å². The number of nitrogens with zero attached hydrogens (tertiary/aromatic N) is 3. The Morgan fingerprint density at radius 1 is 1.57 bits per heavy atom. The van der Waals surface area contributed by atoms with Gasteiger partial charge >= 0.3 is 0 Å². The zero-order valence-electron chi connectivity index (χ0n) is 11.5. The number of carbonyl (C=O) groups excluding carboxylic acids is 1. The largest absolute Gasteiger partial charge is 0.396 e. The van der Waals surface area contributed by atoms with Gasteiger partial charge in [0, 0.05) is 18.9 Å². The van der Waals surface area contributed by atoms with E-state index in [1.807, 2.05) is 6.92 Å². The molecular formula is C13H16N4O3S. The van der Waals surface area contributed by atoms with Crippen molar-refractivity contribution in [3.05, 3.63) is 17.3 Å². The van der Waals surface area contributed by atoms with Crippen LogP contribution in [0.1, 0.15) is 16.6 Å². The zero-order valence-corrected chi connectivity index (χ0v) is 12.3. The number of fused-ring (bicyclic) bond motifs is 1. The van der Waals surface area contributed by atoms with Crippen molar-refractivity contribution in [2.24, 2.45) is 0 Å². The van der Waals surface area contributed by atoms with E-state index in [2.05, 4.69) is 9.97 Å². The van der Waals surface area contributed by atoms with E-state index in [1.165, 1.54) is 11.3 Å². The molecular weight excluding hydrogens is 292 g/mol. The predicted octanol–water partition coefficient (Wildman–Crippen LogP) is 0.495. The highest BCUT2D eigenvalue weighted by molar-refractivity contribution is 7.21. The smallest absolute Gasteiger partial charge is 0.266 e. The summed E-state index contributed by atoms with van der Waals surface area (Å²) in [7, 11) is 0. The second kappa shape index (κ2) is 5.55. The molecule has 0 aromatic carbocycles. The predicted molar refractivity (Wildman–Crippen MR) is 79.2 cm³/mol. The van der Waals surface area contributed by atoms with E-state index in [9.17, 15) is 9.90 Å². The van der Waals surface area contributed by atoms with E-state index in [0.717, 1.165) is 0 Å². The molecule has 0 bridgehead atoms. The molecule has 0 aliphatic carbocycles. The average Bonchev–Trinajstić information content (AvgIpc) is 2.85. The molecule has 7 nitrogen and oxygen atoms in total. The number of carbonyl (C=O) groups is 1. The van der Waals surface area contributed by atoms with Crippen LogP contribution < -0.4 is 5.73 Å². The first-order valence-corrected chi connectivity index (χ1v) is 7.46. The van der Waals surface area contributed by atoms with Crippen LogP contribution >= 0.6 is 11.3 Å². The second-order valence-electron chi connectivity index (χ2n) is 5.00. The summed E-state index contributed by atoms with van der Waals surface area (Å²) in [5.41, 5.74) is 6.97. The van der Waals surface area contributed by atoms with Crippen molar-refractivity contribution in [2.75, 3.05) is 25.5 Å². The van der Waals surface area contributed by atoms with Gasteiger partial charge in [-0.15, -0.1) is 11.3 Å². The van der Waals surface area contributed by atoms with Crippen molar-refractivity contribution in [2.45, 2.75) is 19.1 Å². The van der Waals surface area contributed by atoms with Crippen molar-refractivity contribution in [1.29, 1.82) is 0 Å². The lowest BCUT2D eigenvalue weighted by molar-refractivity contribution is -0.0666. The summed E-state index contributed by atoms with van der Waals surface area (Å²) < 4.78 is 5.45. The number of aromatic nitrogens is 2. The number of anilines is 1. The number of amides is 1. The van der Waals surface area contributed by atoms with Gasteiger partial charge in [-0.3, -0.25) is 4.79 Å². The van der Waals surface area contributed by atoms with Gasteiger partial charge in [-0.05, 0) is 6.92 Å². The fourth-order valence-electron chi connectivity index (χ4n) is 2.34. The number of nitrogens with two attached hydrogens (primary N) is 1. The molecule has 1 amide bonds. The summed E-state index contributed by atoms with van der Waals surface area (Å²) in [6.45, 7) is 2.55. The topological polar surface area (TPSA) is 102 Å². The summed E-state index contributed by atoms with van der Waals surface area (Å²) in [6, 6.07) is -0.0640. The maximum atomic E-state index is 12.7. The Balaban J connectivity index is 1.94. The molecule has 0 saturated carbocycles. The second-order valence-corrected chi connectivity index (χ2v) is 6.00. The van der Waals surface area contributed by atoms with Crippen molar-refractivity contribution < 1.29 is 14.6 Å². The number of thiophene rings is 1. The monoisotopic (exact) mass is 308 g/mol. The highest BCUT2D eigenvalue weighted by Crippen LogP contribution is 2.32. The van der Waals surface area contributed by atoms with Gasteiger partial charge in [0.15, 0.2) is 0 Å². The van der Waals surface area contributed by atoms with Gasteiger partial charge in [0.25, 0.3) is 5.91 Å². The lowest BCUT2D eigenvalue weighted by Crippen LogP contribution is -2.51. The first-order chi connectivity index (χ1) is 10.1. The molecule has 2 aromatic rings. The Kier molecular flexibility index (Phi) is 3.75. The molecule has 1 fully saturated rings. The Hall–Kier alpha value is -1.77. The molecule has 0 spiro atoms. The minimum Gasteiger partial charge on any atom is -0.396 e. The van der Waals surface area contributed by atoms with Crippen LogP contribution in [-0.4, -0.2) is 57.8 Å². The van der Waals surface area contributed by atoms with Gasteiger partial charge < -0.3 is 20.5 Å². The summed E-state index contributed by atoms with van der Waals surface area (Å²) in [5, 5.41) is 9.21. The van der Waals surface area contributed by atoms with Gasteiger partial charge in [-0.2, -0.15) is 0 Å². The van der Waals surface area contributed by atoms with Crippen molar-refractivity contribution in [3.63, 3.8) is 0 Å². The van der Waals surface area contributed by atoms with Gasteiger partial charge in [-0.25, -0.2) is 9.97 Å². The van der Waals surface area contributed by atoms with Crippen LogP contribution in [-0.2, 0) is 4.74 Å². The first kappa shape index (κ1) is 14.2. The number of rotatable bonds is 2. The van der Waals surface area contributed by atoms with Crippen LogP contribution in [0.3, 0.4) is 0 Å². The van der Waals surface area contributed by atoms with Crippen molar-refractivity contribution in [3.8, 4) is 0 Å². The van der Waals surface area contributed by atoms with Crippen LogP contribution in [0.4, 0.5) is 5.69 Å². The molecule has 1 saturated heterocycles. The maximum absolute atomic E-state index is 12.7. The lowest BCUT2D eigenvalue weighted by Gasteiger charge is -2.37. The van der Waals surface area contributed by atoms with Crippen LogP contribution in [0.5, 0.6) is 0 Å². The van der Waals surface area contributed by atoms with E-state index in [4.69, 9.17) is 10.5 Å². The fourth-order valence-corrected chi connectivity index (χ4v) is 3.32. The number of morpholine rings is 1. The highest BCUT2D eigenvalue weighted by Gasteiger charge is 2.32. The standard InChI is InChI=1S/C13H16N4O3S/c1-7-6-20-8(5-18)4-17(7)13(19)11-9(14)10-12(21-11)16-3-2-15-10/h2-3,7-8,18H,4-6,14H2,1H3. The maximum Gasteiger partial charge on any atom is 0.266 e. The van der Waals surface area contributed by atoms with Crippen molar-refractivity contribution >= 4 is 33.3 Å². The Bertz CT molecular complexity index is 674. The van der Waals surface area contributed by atoms with Crippen LogP contribution in [0, 0.1) is 0 Å². The molecule has 0 radical (unpaired) electrons. The van der Waals surface area contributed by atoms with E-state index in [1.54, 1.807) is 17.3 Å². The molecule has 2 unspecified atom stereocenters. The van der Waals surface area contributed by atoms with E-state index in [-0.39, 0.29) is 24.7 Å². The summed E-state index contributed by atoms with van der Waals surface area (Å²) in [6.07, 6.45) is 2.78. The van der Waals surface area contributed by atoms with E-state index >= 15 is 0 Å². The highest BCUT2D eigenvalue weighted by atomic mass is 32.1. The molecule has 2 aromatic heterocycles. The van der Waals surface area contributed by atoms with Gasteiger partial charge in [-0.1, -0.05) is 0 Å². The Morgan fingerprint density at radius 2 is 2.33 bits per heavy atom. The molecule has 8 heteroatoms. The number of hydrogen-bond acceptors (Lipinski definition) is 7. The van der Waals surface area contributed by atoms with Gasteiger partial charge in [0.1, 0.15) is 15.2 Å². The summed E-state index contributed by atoms with van der Waals surface area (Å²) in [4.78, 5) is 23.9. The molecule has 112 valence electrons. The average molecular weight is 308 g/mol. The molecule has 1 aliphatic heterocycles. The van der Waals surface area contributed by atoms with Crippen molar-refractivity contribution in [1.82, 2.24) is 14.9 Å². The third kappa shape index (κ3) is 2.45. The van der Waals surface area contributed by atoms with Crippen LogP contribution in [0.2, 0.25) is 0 Å². The molecule has 3 heterocycles. The number of hydrogen-bond donors (Lipinski definition) is 2. The Labute approximate surface area is 125 Å². The minimum atomic E-state index is -0.350. The van der Waals surface area contributed by atoms with Crippen LogP contribution in [0.15, 0.2) is 12.4 Å². The molecule has 3 N–H and O–H groups in total. The fraction of sp³-hybridized carbons (Fsp3) is 0.462. The Morgan fingerprint density at radius 3 is 3.05 bits per heavy atom. The molecule has 1 aliphatic rings. The molecule has 3 rings (SSSR count). The normalized spacial score (nSPS) is 22.7. The third-order valence-electron chi connectivity index (χ3n) is 3.53. The summed E-state index contributed by atoms with van der Waals surface area (Å²) in [5.74, 6) is -0.161. The van der Waals surface area contributed by atoms with Gasteiger partial charge in [0.05, 0.1) is 31.0 Å². The van der Waals surface area contributed by atoms with E-state index < -0.39 is 0 Å². The SMILES string of the molecule is CC1COC(CO)CN1C(=O)c1sc2nccnc2c1N. The first-order valence-electron chi connectivity index (χ1n) is 6.64. The summed E-state index contributed by atoms with van der Waals surface area (Å²) >= 11 is 1.24. The number of nitrogen functional groups attached to an aromatic ring is 1. The zero-order chi connectivity index (χ0) is 15.0. The molecule has 21 heavy (non-hydrogen) atoms. The van der Waals surface area contributed by atoms with Gasteiger partial charge in [0.2, 0.25) is 0 Å². The quantitative estimate of drug-likeness (QED) is 0.837. The minimum absolute atomic E-state index is 0.0640. The number of aliphatic hydroxyl groups is 1. The molecule has 2 atom stereocenters. The third-order valence-corrected chi connectivity index (χ3v) is 4.62.